The van der Waals surface area contributed by atoms with Gasteiger partial charge in [0.05, 0.1) is 0 Å². The number of hydrogen-bond donors (Lipinski definition) is 1. The van der Waals surface area contributed by atoms with Gasteiger partial charge in [0.2, 0.25) is 5.67 Å². The lowest BCUT2D eigenvalue weighted by atomic mass is 9.73. The summed E-state index contributed by atoms with van der Waals surface area (Å²) in [6.45, 7) is 7.53. The highest BCUT2D eigenvalue weighted by molar-refractivity contribution is 5.76. The average Bonchev–Trinajstić information content (AvgIpc) is 2.31. The highest BCUT2D eigenvalue weighted by Crippen LogP contribution is 2.40. The Hall–Kier alpha value is -0.600. The van der Waals surface area contributed by atoms with Gasteiger partial charge in [0.25, 0.3) is 0 Å². The molecule has 0 bridgehead atoms. The van der Waals surface area contributed by atoms with Gasteiger partial charge < -0.3 is 5.11 Å². The fourth-order valence-corrected chi connectivity index (χ4v) is 2.76. The van der Waals surface area contributed by atoms with Crippen molar-refractivity contribution in [2.24, 2.45) is 5.41 Å². The van der Waals surface area contributed by atoms with Crippen molar-refractivity contribution < 1.29 is 14.3 Å². The van der Waals surface area contributed by atoms with Crippen molar-refractivity contribution in [3.8, 4) is 0 Å². The molecule has 0 aliphatic heterocycles. The molecule has 114 valence electrons. The molecule has 0 saturated carbocycles. The van der Waals surface area contributed by atoms with Gasteiger partial charge in [-0.1, -0.05) is 59.3 Å². The number of hydrogen-bond acceptors (Lipinski definition) is 1. The predicted octanol–water partition coefficient (Wildman–Crippen LogP) is 5.36. The first-order valence-electron chi connectivity index (χ1n) is 7.70. The van der Waals surface area contributed by atoms with Crippen LogP contribution in [0.15, 0.2) is 0 Å². The van der Waals surface area contributed by atoms with Gasteiger partial charge in [0, 0.05) is 0 Å². The maximum absolute atomic E-state index is 14.1. The maximum Gasteiger partial charge on any atom is 0.341 e. The molecule has 0 fully saturated rings. The van der Waals surface area contributed by atoms with E-state index in [2.05, 4.69) is 20.8 Å². The molecule has 0 radical (unpaired) electrons. The zero-order chi connectivity index (χ0) is 14.9. The van der Waals surface area contributed by atoms with E-state index >= 15 is 0 Å². The zero-order valence-electron chi connectivity index (χ0n) is 13.1. The smallest absolute Gasteiger partial charge is 0.341 e. The third kappa shape index (κ3) is 7.54. The van der Waals surface area contributed by atoms with Gasteiger partial charge in [-0.25, -0.2) is 9.18 Å². The Morgan fingerprint density at radius 1 is 1.00 bits per heavy atom. The molecular weight excluding hydrogens is 243 g/mol. The molecule has 0 rings (SSSR count). The summed E-state index contributed by atoms with van der Waals surface area (Å²) in [5, 5.41) is 8.96. The molecule has 3 heteroatoms. The van der Waals surface area contributed by atoms with E-state index in [0.29, 0.717) is 0 Å². The van der Waals surface area contributed by atoms with Crippen LogP contribution in [0.2, 0.25) is 0 Å². The third-order valence-corrected chi connectivity index (χ3v) is 3.97. The molecule has 0 aliphatic carbocycles. The van der Waals surface area contributed by atoms with Crippen molar-refractivity contribution in [2.45, 2.75) is 91.2 Å². The Bertz CT molecular complexity index is 263. The number of alkyl halides is 1. The highest BCUT2D eigenvalue weighted by atomic mass is 19.1. The molecule has 1 N–H and O–H groups in total. The summed E-state index contributed by atoms with van der Waals surface area (Å²) in [4.78, 5) is 11.0. The zero-order valence-corrected chi connectivity index (χ0v) is 13.1. The van der Waals surface area contributed by atoms with E-state index < -0.39 is 11.6 Å². The van der Waals surface area contributed by atoms with Crippen LogP contribution in [-0.4, -0.2) is 16.7 Å². The van der Waals surface area contributed by atoms with Gasteiger partial charge in [-0.2, -0.15) is 0 Å². The summed E-state index contributed by atoms with van der Waals surface area (Å²) in [6.07, 6.45) is 8.71. The molecule has 0 aromatic rings. The monoisotopic (exact) mass is 274 g/mol. The van der Waals surface area contributed by atoms with Gasteiger partial charge in [-0.15, -0.1) is 0 Å². The summed E-state index contributed by atoms with van der Waals surface area (Å²) in [6, 6.07) is 0. The van der Waals surface area contributed by atoms with Gasteiger partial charge in [-0.3, -0.25) is 0 Å². The second-order valence-corrected chi connectivity index (χ2v) is 6.40. The van der Waals surface area contributed by atoms with Crippen LogP contribution >= 0.6 is 0 Å². The summed E-state index contributed by atoms with van der Waals surface area (Å²) in [5.74, 6) is -1.33. The van der Waals surface area contributed by atoms with Crippen LogP contribution in [-0.2, 0) is 4.79 Å². The van der Waals surface area contributed by atoms with E-state index in [0.717, 1.165) is 38.5 Å². The van der Waals surface area contributed by atoms with E-state index in [1.54, 1.807) is 0 Å². The van der Waals surface area contributed by atoms with Crippen LogP contribution in [0, 0.1) is 5.41 Å². The number of unbranched alkanes of at least 4 members (excludes halogenated alkanes) is 4. The van der Waals surface area contributed by atoms with Crippen molar-refractivity contribution in [1.29, 1.82) is 0 Å². The number of aliphatic carboxylic acids is 1. The molecule has 2 atom stereocenters. The molecule has 0 spiro atoms. The van der Waals surface area contributed by atoms with E-state index in [1.165, 1.54) is 19.8 Å². The van der Waals surface area contributed by atoms with Crippen LogP contribution in [0.3, 0.4) is 0 Å². The molecule has 0 amide bonds. The first-order valence-corrected chi connectivity index (χ1v) is 7.70. The van der Waals surface area contributed by atoms with E-state index in [4.69, 9.17) is 5.11 Å². The molecule has 0 aromatic carbocycles. The lowest BCUT2D eigenvalue weighted by molar-refractivity contribution is -0.152. The van der Waals surface area contributed by atoms with Crippen LogP contribution in [0.5, 0.6) is 0 Å². The highest BCUT2D eigenvalue weighted by Gasteiger charge is 2.40. The molecular formula is C16H31FO2. The second kappa shape index (κ2) is 8.55. The van der Waals surface area contributed by atoms with Gasteiger partial charge in [0.15, 0.2) is 0 Å². The minimum absolute atomic E-state index is 0.126. The summed E-state index contributed by atoms with van der Waals surface area (Å²) in [7, 11) is 0. The minimum Gasteiger partial charge on any atom is -0.479 e. The Morgan fingerprint density at radius 2 is 1.53 bits per heavy atom. The molecule has 0 heterocycles. The van der Waals surface area contributed by atoms with E-state index in [9.17, 15) is 9.18 Å². The normalized spacial score (nSPS) is 17.7. The topological polar surface area (TPSA) is 37.3 Å². The average molecular weight is 274 g/mol. The van der Waals surface area contributed by atoms with Crippen molar-refractivity contribution in [3.05, 3.63) is 0 Å². The quantitative estimate of drug-likeness (QED) is 0.515. The maximum atomic E-state index is 14.1. The van der Waals surface area contributed by atoms with Crippen molar-refractivity contribution in [3.63, 3.8) is 0 Å². The van der Waals surface area contributed by atoms with Gasteiger partial charge in [-0.05, 0) is 31.6 Å². The number of carboxylic acids is 1. The molecule has 2 nitrogen and oxygen atoms in total. The van der Waals surface area contributed by atoms with Gasteiger partial charge in [0.1, 0.15) is 0 Å². The molecule has 0 saturated heterocycles. The molecule has 0 aromatic heterocycles. The summed E-state index contributed by atoms with van der Waals surface area (Å²) in [5.41, 5.74) is -2.29. The van der Waals surface area contributed by atoms with Crippen molar-refractivity contribution in [2.75, 3.05) is 0 Å². The Kier molecular flexibility index (Phi) is 8.28. The van der Waals surface area contributed by atoms with Crippen LogP contribution in [0.1, 0.15) is 85.5 Å². The predicted molar refractivity (Wildman–Crippen MR) is 78.2 cm³/mol. The lowest BCUT2D eigenvalue weighted by Gasteiger charge is -2.34. The minimum atomic E-state index is -2.10. The Balaban J connectivity index is 4.53. The number of carbonyl (C=O) groups is 1. The summed E-state index contributed by atoms with van der Waals surface area (Å²) < 4.78 is 14.1. The summed E-state index contributed by atoms with van der Waals surface area (Å²) >= 11 is 0. The third-order valence-electron chi connectivity index (χ3n) is 3.97. The first-order chi connectivity index (χ1) is 8.77. The van der Waals surface area contributed by atoms with E-state index in [-0.39, 0.29) is 11.8 Å². The number of halogens is 1. The lowest BCUT2D eigenvalue weighted by Crippen LogP contribution is -2.36. The fourth-order valence-electron chi connectivity index (χ4n) is 2.76. The molecule has 2 unspecified atom stereocenters. The fraction of sp³-hybridized carbons (Fsp3) is 0.938. The molecule has 19 heavy (non-hydrogen) atoms. The van der Waals surface area contributed by atoms with Crippen molar-refractivity contribution >= 4 is 5.97 Å². The number of rotatable bonds is 11. The Morgan fingerprint density at radius 3 is 2.00 bits per heavy atom. The second-order valence-electron chi connectivity index (χ2n) is 6.40. The largest absolute Gasteiger partial charge is 0.479 e. The SMILES string of the molecule is CCCCCCC(C)(CCCC)CC(C)(F)C(=O)O. The van der Waals surface area contributed by atoms with Crippen LogP contribution in [0.4, 0.5) is 4.39 Å². The van der Waals surface area contributed by atoms with Gasteiger partial charge >= 0.3 is 5.97 Å². The number of carboxylic acid groups (broad SMARTS) is 1. The first kappa shape index (κ1) is 18.4. The van der Waals surface area contributed by atoms with Crippen LogP contribution < -0.4 is 0 Å². The van der Waals surface area contributed by atoms with Crippen LogP contribution in [0.25, 0.3) is 0 Å². The van der Waals surface area contributed by atoms with Crippen molar-refractivity contribution in [1.82, 2.24) is 0 Å². The molecule has 0 aliphatic rings. The standard InChI is InChI=1S/C16H31FO2/c1-5-7-9-10-12-15(3,11-8-6-2)13-16(4,17)14(18)19/h5-13H2,1-4H3,(H,18,19). The Labute approximate surface area is 117 Å². The van der Waals surface area contributed by atoms with E-state index in [1.807, 2.05) is 0 Å².